The van der Waals surface area contributed by atoms with E-state index in [9.17, 15) is 4.79 Å². The summed E-state index contributed by atoms with van der Waals surface area (Å²) in [7, 11) is 3.81. The monoisotopic (exact) mass is 285 g/mol. The number of hydrogen-bond donors (Lipinski definition) is 2. The molecule has 1 aliphatic rings. The van der Waals surface area contributed by atoms with E-state index in [-0.39, 0.29) is 11.9 Å². The fourth-order valence-electron chi connectivity index (χ4n) is 2.77. The summed E-state index contributed by atoms with van der Waals surface area (Å²) < 4.78 is 0. The topological polar surface area (TPSA) is 73.9 Å². The van der Waals surface area contributed by atoms with Gasteiger partial charge < -0.3 is 10.2 Å². The molecule has 0 radical (unpaired) electrons. The van der Waals surface area contributed by atoms with Crippen molar-refractivity contribution in [3.8, 4) is 0 Å². The van der Waals surface area contributed by atoms with E-state index in [1.807, 2.05) is 37.3 Å². The molecule has 3 rings (SSSR count). The van der Waals surface area contributed by atoms with Gasteiger partial charge in [0, 0.05) is 20.3 Å². The fourth-order valence-corrected chi connectivity index (χ4v) is 2.77. The van der Waals surface area contributed by atoms with Crippen molar-refractivity contribution in [1.82, 2.24) is 20.5 Å². The van der Waals surface area contributed by atoms with E-state index in [1.54, 1.807) is 6.20 Å². The second-order valence-corrected chi connectivity index (χ2v) is 5.49. The van der Waals surface area contributed by atoms with Gasteiger partial charge in [0.1, 0.15) is 0 Å². The highest BCUT2D eigenvalue weighted by Gasteiger charge is 2.25. The summed E-state index contributed by atoms with van der Waals surface area (Å²) in [6.45, 7) is 0. The van der Waals surface area contributed by atoms with Crippen LogP contribution in [0.1, 0.15) is 40.6 Å². The maximum absolute atomic E-state index is 12.5. The Morgan fingerprint density at radius 3 is 3.14 bits per heavy atom. The first kappa shape index (κ1) is 13.6. The van der Waals surface area contributed by atoms with Crippen LogP contribution >= 0.6 is 0 Å². The number of aromatic amines is 1. The minimum Gasteiger partial charge on any atom is -0.376 e. The molecular weight excluding hydrogens is 266 g/mol. The normalized spacial score (nSPS) is 17.1. The van der Waals surface area contributed by atoms with Gasteiger partial charge in [-0.25, -0.2) is 4.98 Å². The second-order valence-electron chi connectivity index (χ2n) is 5.49. The Hall–Kier alpha value is -2.37. The Labute approximate surface area is 123 Å². The Kier molecular flexibility index (Phi) is 3.60. The molecule has 0 spiro atoms. The van der Waals surface area contributed by atoms with Gasteiger partial charge in [0.25, 0.3) is 5.91 Å². The predicted octanol–water partition coefficient (Wildman–Crippen LogP) is 1.68. The van der Waals surface area contributed by atoms with Crippen molar-refractivity contribution in [2.45, 2.75) is 25.3 Å². The summed E-state index contributed by atoms with van der Waals surface area (Å²) in [5.74, 6) is -0.147. The Bertz CT molecular complexity index is 649. The van der Waals surface area contributed by atoms with Gasteiger partial charge in [-0.3, -0.25) is 9.89 Å². The van der Waals surface area contributed by atoms with Gasteiger partial charge in [-0.05, 0) is 37.0 Å². The third-order valence-electron chi connectivity index (χ3n) is 3.83. The minimum atomic E-state index is -0.147. The smallest absolute Gasteiger partial charge is 0.272 e. The predicted molar refractivity (Wildman–Crippen MR) is 80.3 cm³/mol. The lowest BCUT2D eigenvalue weighted by Crippen LogP contribution is -2.32. The molecule has 0 saturated heterocycles. The number of fused-ring (bicyclic) bond motifs is 1. The van der Waals surface area contributed by atoms with Crippen LogP contribution in [-0.2, 0) is 6.42 Å². The van der Waals surface area contributed by atoms with Gasteiger partial charge in [0.2, 0.25) is 0 Å². The molecule has 0 bridgehead atoms. The molecule has 21 heavy (non-hydrogen) atoms. The van der Waals surface area contributed by atoms with Gasteiger partial charge in [-0.1, -0.05) is 0 Å². The average Bonchev–Trinajstić information content (AvgIpc) is 2.96. The fraction of sp³-hybridized carbons (Fsp3) is 0.400. The highest BCUT2D eigenvalue weighted by molar-refractivity contribution is 5.97. The number of H-pyrrole nitrogens is 1. The summed E-state index contributed by atoms with van der Waals surface area (Å²) >= 11 is 0. The standard InChI is InChI=1S/C15H19N5O/c1-20(2)12-7-4-8-16-14(12)15(21)18-11-6-3-5-10-9-17-19-13(10)11/h4,7-9,11H,3,5-6H2,1-2H3,(H,17,19)(H,18,21). The number of nitrogens with zero attached hydrogens (tertiary/aromatic N) is 3. The van der Waals surface area contributed by atoms with E-state index >= 15 is 0 Å². The van der Waals surface area contributed by atoms with E-state index in [1.165, 1.54) is 5.56 Å². The van der Waals surface area contributed by atoms with Crippen LogP contribution in [-0.4, -0.2) is 35.2 Å². The summed E-state index contributed by atoms with van der Waals surface area (Å²) in [6.07, 6.45) is 6.49. The first-order chi connectivity index (χ1) is 10.2. The van der Waals surface area contributed by atoms with Gasteiger partial charge in [0.15, 0.2) is 5.69 Å². The second kappa shape index (κ2) is 5.55. The van der Waals surface area contributed by atoms with E-state index in [4.69, 9.17) is 0 Å². The van der Waals surface area contributed by atoms with Crippen molar-refractivity contribution >= 4 is 11.6 Å². The molecule has 1 unspecified atom stereocenters. The number of pyridine rings is 1. The molecule has 0 aliphatic heterocycles. The van der Waals surface area contributed by atoms with Crippen LogP contribution < -0.4 is 10.2 Å². The Morgan fingerprint density at radius 1 is 1.48 bits per heavy atom. The number of hydrogen-bond acceptors (Lipinski definition) is 4. The van der Waals surface area contributed by atoms with Gasteiger partial charge in [-0.15, -0.1) is 0 Å². The lowest BCUT2D eigenvalue weighted by Gasteiger charge is -2.23. The van der Waals surface area contributed by atoms with E-state index in [2.05, 4.69) is 20.5 Å². The van der Waals surface area contributed by atoms with Gasteiger partial charge in [0.05, 0.1) is 23.6 Å². The summed E-state index contributed by atoms with van der Waals surface area (Å²) in [6, 6.07) is 3.71. The molecule has 1 amide bonds. The highest BCUT2D eigenvalue weighted by atomic mass is 16.2. The molecule has 2 N–H and O–H groups in total. The molecule has 2 aromatic rings. The number of nitrogens with one attached hydrogen (secondary N) is 2. The molecule has 2 aromatic heterocycles. The van der Waals surface area contributed by atoms with Crippen molar-refractivity contribution in [2.75, 3.05) is 19.0 Å². The van der Waals surface area contributed by atoms with Crippen LogP contribution in [0.5, 0.6) is 0 Å². The summed E-state index contributed by atoms with van der Waals surface area (Å²) in [4.78, 5) is 18.7. The van der Waals surface area contributed by atoms with E-state index < -0.39 is 0 Å². The number of amides is 1. The average molecular weight is 285 g/mol. The first-order valence-electron chi connectivity index (χ1n) is 7.12. The van der Waals surface area contributed by atoms with Crippen LogP contribution in [0, 0.1) is 0 Å². The maximum atomic E-state index is 12.5. The summed E-state index contributed by atoms with van der Waals surface area (Å²) in [5.41, 5.74) is 3.49. The highest BCUT2D eigenvalue weighted by Crippen LogP contribution is 2.28. The molecule has 0 aromatic carbocycles. The number of anilines is 1. The maximum Gasteiger partial charge on any atom is 0.272 e. The van der Waals surface area contributed by atoms with Crippen LogP contribution in [0.15, 0.2) is 24.5 Å². The molecule has 2 heterocycles. The van der Waals surface area contributed by atoms with Crippen molar-refractivity contribution in [1.29, 1.82) is 0 Å². The van der Waals surface area contributed by atoms with Crippen molar-refractivity contribution in [3.05, 3.63) is 41.5 Å². The third kappa shape index (κ3) is 2.61. The zero-order chi connectivity index (χ0) is 14.8. The lowest BCUT2D eigenvalue weighted by atomic mass is 9.93. The molecule has 1 atom stereocenters. The van der Waals surface area contributed by atoms with Crippen molar-refractivity contribution in [2.24, 2.45) is 0 Å². The molecule has 110 valence electrons. The molecular formula is C15H19N5O. The first-order valence-corrected chi connectivity index (χ1v) is 7.12. The minimum absolute atomic E-state index is 0.0132. The van der Waals surface area contributed by atoms with Crippen LogP contribution in [0.3, 0.4) is 0 Å². The number of rotatable bonds is 3. The summed E-state index contributed by atoms with van der Waals surface area (Å²) in [5, 5.41) is 10.2. The molecule has 0 fully saturated rings. The number of aryl methyl sites for hydroxylation is 1. The zero-order valence-electron chi connectivity index (χ0n) is 12.3. The van der Waals surface area contributed by atoms with Crippen LogP contribution in [0.4, 0.5) is 5.69 Å². The Morgan fingerprint density at radius 2 is 2.33 bits per heavy atom. The number of aromatic nitrogens is 3. The van der Waals surface area contributed by atoms with Crippen LogP contribution in [0.25, 0.3) is 0 Å². The van der Waals surface area contributed by atoms with Crippen molar-refractivity contribution in [3.63, 3.8) is 0 Å². The molecule has 6 nitrogen and oxygen atoms in total. The van der Waals surface area contributed by atoms with Gasteiger partial charge >= 0.3 is 0 Å². The molecule has 0 saturated carbocycles. The molecule has 1 aliphatic carbocycles. The van der Waals surface area contributed by atoms with Crippen molar-refractivity contribution < 1.29 is 4.79 Å². The third-order valence-corrected chi connectivity index (χ3v) is 3.83. The Balaban J connectivity index is 1.83. The zero-order valence-corrected chi connectivity index (χ0v) is 12.3. The SMILES string of the molecule is CN(C)c1cccnc1C(=O)NC1CCCc2cn[nH]c21. The largest absolute Gasteiger partial charge is 0.376 e. The number of carbonyl (C=O) groups excluding carboxylic acids is 1. The van der Waals surface area contributed by atoms with Crippen LogP contribution in [0.2, 0.25) is 0 Å². The van der Waals surface area contributed by atoms with E-state index in [0.29, 0.717) is 5.69 Å². The number of carbonyl (C=O) groups is 1. The quantitative estimate of drug-likeness (QED) is 0.900. The molecule has 6 heteroatoms. The van der Waals surface area contributed by atoms with Gasteiger partial charge in [-0.2, -0.15) is 5.10 Å². The van der Waals surface area contributed by atoms with E-state index in [0.717, 1.165) is 30.6 Å². The lowest BCUT2D eigenvalue weighted by molar-refractivity contribution is 0.0927.